The predicted molar refractivity (Wildman–Crippen MR) is 79.5 cm³/mol. The van der Waals surface area contributed by atoms with Crippen molar-refractivity contribution in [1.82, 2.24) is 0 Å². The molecule has 2 aromatic carbocycles. The van der Waals surface area contributed by atoms with Gasteiger partial charge in [-0.2, -0.15) is 0 Å². The molecule has 0 saturated carbocycles. The van der Waals surface area contributed by atoms with E-state index in [4.69, 9.17) is 0 Å². The smallest absolute Gasteiger partial charge is 0.197 e. The average molecular weight is 288 g/mol. The van der Waals surface area contributed by atoms with Crippen molar-refractivity contribution in [3.63, 3.8) is 0 Å². The third kappa shape index (κ3) is 2.58. The van der Waals surface area contributed by atoms with E-state index >= 15 is 8.78 Å². The summed E-state index contributed by atoms with van der Waals surface area (Å²) < 4.78 is 31.0. The maximum Gasteiger partial charge on any atom is 0.197 e. The second-order valence-electron chi connectivity index (χ2n) is 5.68. The topological polar surface area (TPSA) is 16.6 Å². The summed E-state index contributed by atoms with van der Waals surface area (Å²) in [6.45, 7) is 0.880. The number of benzene rings is 2. The fourth-order valence-electron chi connectivity index (χ4n) is 3.21. The molecule has 1 fully saturated rings. The normalized spacial score (nSPS) is 20.4. The highest BCUT2D eigenvalue weighted by atomic mass is 19.2. The second kappa shape index (κ2) is 5.94. The third-order valence-electron chi connectivity index (χ3n) is 4.35. The predicted octanol–water partition coefficient (Wildman–Crippen LogP) is 2.96. The molecule has 0 aromatic heterocycles. The van der Waals surface area contributed by atoms with E-state index in [0.717, 1.165) is 19.4 Å². The minimum atomic E-state index is -2.09. The van der Waals surface area contributed by atoms with E-state index in [1.807, 2.05) is 17.4 Å². The Morgan fingerprint density at radius 2 is 1.48 bits per heavy atom. The Labute approximate surface area is 124 Å². The first kappa shape index (κ1) is 14.2. The molecule has 1 saturated heterocycles. The molecule has 2 aromatic rings. The van der Waals surface area contributed by atoms with Crippen molar-refractivity contribution in [2.75, 3.05) is 6.54 Å². The van der Waals surface area contributed by atoms with E-state index in [9.17, 15) is 0 Å². The molecule has 1 aliphatic heterocycles. The van der Waals surface area contributed by atoms with Gasteiger partial charge in [0.05, 0.1) is 6.54 Å². The molecule has 110 valence electrons. The SMILES string of the molecule is F[C@H]([C@@H]1CCC[NH2+]1)C(F)(c1ccccc1)c1ccccc1. The zero-order valence-corrected chi connectivity index (χ0v) is 11.9. The van der Waals surface area contributed by atoms with Crippen molar-refractivity contribution >= 4 is 0 Å². The van der Waals surface area contributed by atoms with Crippen LogP contribution in [0.25, 0.3) is 0 Å². The summed E-state index contributed by atoms with van der Waals surface area (Å²) in [5.74, 6) is 0. The van der Waals surface area contributed by atoms with Gasteiger partial charge in [-0.1, -0.05) is 60.7 Å². The molecular formula is C18H20F2N+. The molecule has 2 atom stereocenters. The molecule has 1 aliphatic rings. The Balaban J connectivity index is 2.06. The van der Waals surface area contributed by atoms with Crippen molar-refractivity contribution in [2.24, 2.45) is 0 Å². The Morgan fingerprint density at radius 1 is 0.952 bits per heavy atom. The fraction of sp³-hybridized carbons (Fsp3) is 0.333. The van der Waals surface area contributed by atoms with Crippen LogP contribution in [0.3, 0.4) is 0 Å². The van der Waals surface area contributed by atoms with Crippen LogP contribution in [0.4, 0.5) is 8.78 Å². The first-order chi connectivity index (χ1) is 10.2. The highest BCUT2D eigenvalue weighted by Crippen LogP contribution is 2.40. The molecule has 0 radical (unpaired) electrons. The number of rotatable bonds is 4. The van der Waals surface area contributed by atoms with Crippen LogP contribution in [0.2, 0.25) is 0 Å². The average Bonchev–Trinajstić information content (AvgIpc) is 3.09. The van der Waals surface area contributed by atoms with Crippen molar-refractivity contribution in [3.8, 4) is 0 Å². The molecule has 3 heteroatoms. The summed E-state index contributed by atoms with van der Waals surface area (Å²) in [5, 5.41) is 1.94. The number of nitrogens with two attached hydrogens (primary N) is 1. The van der Waals surface area contributed by atoms with Crippen LogP contribution in [0.5, 0.6) is 0 Å². The summed E-state index contributed by atoms with van der Waals surface area (Å²) in [6.07, 6.45) is 0.127. The molecule has 0 unspecified atom stereocenters. The number of quaternary nitrogens is 1. The molecule has 0 bridgehead atoms. The van der Waals surface area contributed by atoms with Crippen LogP contribution in [0.15, 0.2) is 60.7 Å². The molecule has 21 heavy (non-hydrogen) atoms. The summed E-state index contributed by atoms with van der Waals surface area (Å²) >= 11 is 0. The summed E-state index contributed by atoms with van der Waals surface area (Å²) in [6, 6.07) is 17.1. The van der Waals surface area contributed by atoms with Gasteiger partial charge in [-0.3, -0.25) is 0 Å². The first-order valence-electron chi connectivity index (χ1n) is 7.50. The Hall–Kier alpha value is -1.74. The largest absolute Gasteiger partial charge is 0.341 e. The molecule has 1 heterocycles. The molecule has 1 nitrogen and oxygen atoms in total. The van der Waals surface area contributed by atoms with Crippen molar-refractivity contribution in [3.05, 3.63) is 71.8 Å². The van der Waals surface area contributed by atoms with Crippen LogP contribution in [0.1, 0.15) is 24.0 Å². The zero-order chi connectivity index (χ0) is 14.7. The van der Waals surface area contributed by atoms with Gasteiger partial charge in [-0.25, -0.2) is 8.78 Å². The second-order valence-corrected chi connectivity index (χ2v) is 5.68. The number of halogens is 2. The lowest BCUT2D eigenvalue weighted by Crippen LogP contribution is -2.89. The highest BCUT2D eigenvalue weighted by molar-refractivity contribution is 5.38. The molecule has 2 N–H and O–H groups in total. The van der Waals surface area contributed by atoms with E-state index in [-0.39, 0.29) is 6.04 Å². The lowest BCUT2D eigenvalue weighted by atomic mass is 9.81. The van der Waals surface area contributed by atoms with E-state index in [0.29, 0.717) is 11.1 Å². The monoisotopic (exact) mass is 288 g/mol. The van der Waals surface area contributed by atoms with Gasteiger partial charge in [0.15, 0.2) is 11.8 Å². The van der Waals surface area contributed by atoms with Gasteiger partial charge in [0.1, 0.15) is 6.04 Å². The molecule has 0 amide bonds. The standard InChI is InChI=1S/C18H19F2N/c19-17(16-12-7-13-21-16)18(20,14-8-3-1-4-9-14)15-10-5-2-6-11-15/h1-6,8-11,16-17,21H,7,12-13H2/p+1/t16-,17+/m0/s1. The summed E-state index contributed by atoms with van der Waals surface area (Å²) in [7, 11) is 0. The lowest BCUT2D eigenvalue weighted by Gasteiger charge is -2.31. The van der Waals surface area contributed by atoms with E-state index in [2.05, 4.69) is 0 Å². The van der Waals surface area contributed by atoms with Crippen LogP contribution in [0, 0.1) is 0 Å². The molecule has 0 spiro atoms. The van der Waals surface area contributed by atoms with Crippen LogP contribution in [-0.2, 0) is 5.67 Å². The van der Waals surface area contributed by atoms with E-state index in [1.54, 1.807) is 48.5 Å². The number of alkyl halides is 2. The van der Waals surface area contributed by atoms with Crippen molar-refractivity contribution in [2.45, 2.75) is 30.7 Å². The minimum Gasteiger partial charge on any atom is -0.341 e. The number of hydrogen-bond acceptors (Lipinski definition) is 0. The van der Waals surface area contributed by atoms with Gasteiger partial charge in [0.25, 0.3) is 0 Å². The summed E-state index contributed by atoms with van der Waals surface area (Å²) in [5.41, 5.74) is -1.30. The fourth-order valence-corrected chi connectivity index (χ4v) is 3.21. The van der Waals surface area contributed by atoms with Crippen molar-refractivity contribution in [1.29, 1.82) is 0 Å². The zero-order valence-electron chi connectivity index (χ0n) is 11.9. The van der Waals surface area contributed by atoms with Crippen LogP contribution in [-0.4, -0.2) is 18.8 Å². The van der Waals surface area contributed by atoms with Gasteiger partial charge in [0.2, 0.25) is 0 Å². The highest BCUT2D eigenvalue weighted by Gasteiger charge is 2.49. The van der Waals surface area contributed by atoms with E-state index < -0.39 is 11.8 Å². The van der Waals surface area contributed by atoms with Gasteiger partial charge in [-0.05, 0) is 11.1 Å². The Morgan fingerprint density at radius 3 is 1.90 bits per heavy atom. The molecular weight excluding hydrogens is 268 g/mol. The lowest BCUT2D eigenvalue weighted by molar-refractivity contribution is -0.677. The minimum absolute atomic E-state index is 0.310. The van der Waals surface area contributed by atoms with Crippen LogP contribution >= 0.6 is 0 Å². The van der Waals surface area contributed by atoms with Gasteiger partial charge < -0.3 is 5.32 Å². The Kier molecular flexibility index (Phi) is 4.02. The maximum atomic E-state index is 15.9. The van der Waals surface area contributed by atoms with Gasteiger partial charge in [0, 0.05) is 12.8 Å². The number of hydrogen-bond donors (Lipinski definition) is 1. The van der Waals surface area contributed by atoms with Crippen molar-refractivity contribution < 1.29 is 14.1 Å². The van der Waals surface area contributed by atoms with Gasteiger partial charge in [-0.15, -0.1) is 0 Å². The Bertz CT molecular complexity index is 525. The van der Waals surface area contributed by atoms with Gasteiger partial charge >= 0.3 is 0 Å². The quantitative estimate of drug-likeness (QED) is 0.891. The molecule has 0 aliphatic carbocycles. The maximum absolute atomic E-state index is 15.9. The van der Waals surface area contributed by atoms with E-state index in [1.165, 1.54) is 0 Å². The first-order valence-corrected chi connectivity index (χ1v) is 7.50. The summed E-state index contributed by atoms with van der Waals surface area (Å²) in [4.78, 5) is 0. The van der Waals surface area contributed by atoms with Crippen LogP contribution < -0.4 is 5.32 Å². The third-order valence-corrected chi connectivity index (χ3v) is 4.35. The molecule has 3 rings (SSSR count).